The molecule has 2 aromatic rings. The molecule has 2 aliphatic carbocycles. The van der Waals surface area contributed by atoms with Gasteiger partial charge in [-0.3, -0.25) is 0 Å². The Balaban J connectivity index is 1.09. The maximum Gasteiger partial charge on any atom is 0.226 e. The van der Waals surface area contributed by atoms with E-state index in [1.165, 1.54) is 81.8 Å². The van der Waals surface area contributed by atoms with Gasteiger partial charge in [-0.1, -0.05) is 74.4 Å². The summed E-state index contributed by atoms with van der Waals surface area (Å²) in [6.07, 6.45) is 15.9. The van der Waals surface area contributed by atoms with Crippen LogP contribution in [0.5, 0.6) is 0 Å². The highest BCUT2D eigenvalue weighted by Crippen LogP contribution is 2.18. The molecule has 0 aliphatic heterocycles. The number of benzene rings is 1. The highest BCUT2D eigenvalue weighted by Gasteiger charge is 2.12. The first-order valence-electron chi connectivity index (χ1n) is 15.0. The smallest absolute Gasteiger partial charge is 0.226 e. The molecule has 0 radical (unpaired) electrons. The standard InChI is InChI=1S/C30H48ClN7/c31-28-21-29(35-20-8-19-34-27-11-5-2-6-12-27)38-30(37-28)36-23-25-15-13-24(14-16-25)22-32-17-7-18-33-26-9-3-1-4-10-26/h13-16,21,26-27,32-34H,1-12,17-20,22-23H2,(H2,35,36,37,38). The molecule has 4 rings (SSSR count). The third-order valence-corrected chi connectivity index (χ3v) is 7.96. The summed E-state index contributed by atoms with van der Waals surface area (Å²) in [7, 11) is 0. The van der Waals surface area contributed by atoms with E-state index in [1.54, 1.807) is 6.07 Å². The van der Waals surface area contributed by atoms with Crippen LogP contribution in [0, 0.1) is 0 Å². The van der Waals surface area contributed by atoms with Gasteiger partial charge in [-0.25, -0.2) is 4.98 Å². The highest BCUT2D eigenvalue weighted by atomic mass is 35.5. The molecule has 210 valence electrons. The molecular weight excluding hydrogens is 494 g/mol. The van der Waals surface area contributed by atoms with Gasteiger partial charge < -0.3 is 26.6 Å². The van der Waals surface area contributed by atoms with Crippen LogP contribution in [0.4, 0.5) is 11.8 Å². The first-order valence-corrected chi connectivity index (χ1v) is 15.4. The number of hydrogen-bond acceptors (Lipinski definition) is 7. The number of nitrogens with zero attached hydrogens (tertiary/aromatic N) is 2. The fraction of sp³-hybridized carbons (Fsp3) is 0.667. The first-order chi connectivity index (χ1) is 18.7. The van der Waals surface area contributed by atoms with Crippen molar-refractivity contribution in [2.75, 3.05) is 36.8 Å². The van der Waals surface area contributed by atoms with Crippen molar-refractivity contribution in [1.29, 1.82) is 0 Å². The van der Waals surface area contributed by atoms with Crippen LogP contribution in [0.1, 0.15) is 88.2 Å². The second kappa shape index (κ2) is 16.9. The van der Waals surface area contributed by atoms with Crippen LogP contribution in [0.3, 0.4) is 0 Å². The topological polar surface area (TPSA) is 85.9 Å². The Kier molecular flexibility index (Phi) is 12.9. The molecule has 1 aromatic carbocycles. The SMILES string of the molecule is Clc1cc(NCCCNC2CCCCC2)nc(NCc2ccc(CNCCCNC3CCCCC3)cc2)n1. The second-order valence-electron chi connectivity index (χ2n) is 11.0. The molecule has 38 heavy (non-hydrogen) atoms. The Morgan fingerprint density at radius 3 is 1.87 bits per heavy atom. The molecular formula is C30H48ClN7. The van der Waals surface area contributed by atoms with Crippen LogP contribution >= 0.6 is 11.6 Å². The van der Waals surface area contributed by atoms with Crippen LogP contribution in [0.15, 0.2) is 30.3 Å². The molecule has 8 heteroatoms. The van der Waals surface area contributed by atoms with Crippen molar-refractivity contribution >= 4 is 23.4 Å². The Labute approximate surface area is 234 Å². The number of hydrogen-bond donors (Lipinski definition) is 5. The molecule has 5 N–H and O–H groups in total. The Bertz CT molecular complexity index is 911. The molecule has 0 spiro atoms. The van der Waals surface area contributed by atoms with E-state index in [-0.39, 0.29) is 0 Å². The molecule has 0 amide bonds. The molecule has 1 heterocycles. The predicted octanol–water partition coefficient (Wildman–Crippen LogP) is 5.87. The molecule has 2 fully saturated rings. The zero-order valence-corrected chi connectivity index (χ0v) is 23.8. The first kappa shape index (κ1) is 29.1. The van der Waals surface area contributed by atoms with E-state index in [9.17, 15) is 0 Å². The van der Waals surface area contributed by atoms with Gasteiger partial charge in [0.15, 0.2) is 0 Å². The van der Waals surface area contributed by atoms with E-state index in [0.717, 1.165) is 51.0 Å². The van der Waals surface area contributed by atoms with E-state index in [0.29, 0.717) is 23.7 Å². The largest absolute Gasteiger partial charge is 0.370 e. The van der Waals surface area contributed by atoms with Crippen LogP contribution in [0.25, 0.3) is 0 Å². The lowest BCUT2D eigenvalue weighted by molar-refractivity contribution is 0.371. The molecule has 0 atom stereocenters. The molecule has 1 aromatic heterocycles. The van der Waals surface area contributed by atoms with Crippen molar-refractivity contribution in [3.8, 4) is 0 Å². The lowest BCUT2D eigenvalue weighted by Gasteiger charge is -2.22. The summed E-state index contributed by atoms with van der Waals surface area (Å²) in [4.78, 5) is 8.94. The van der Waals surface area contributed by atoms with Gasteiger partial charge >= 0.3 is 0 Å². The normalized spacial score (nSPS) is 17.0. The summed E-state index contributed by atoms with van der Waals surface area (Å²) in [6, 6.07) is 12.0. The van der Waals surface area contributed by atoms with E-state index >= 15 is 0 Å². The Hall–Kier alpha value is -1.93. The Morgan fingerprint density at radius 2 is 1.24 bits per heavy atom. The van der Waals surface area contributed by atoms with E-state index in [2.05, 4.69) is 60.8 Å². The summed E-state index contributed by atoms with van der Waals surface area (Å²) in [5, 5.41) is 18.1. The molecule has 2 aliphatic rings. The second-order valence-corrected chi connectivity index (χ2v) is 11.3. The highest BCUT2D eigenvalue weighted by molar-refractivity contribution is 6.29. The molecule has 2 saturated carbocycles. The maximum atomic E-state index is 6.26. The number of aromatic nitrogens is 2. The van der Waals surface area contributed by atoms with Crippen molar-refractivity contribution in [3.05, 3.63) is 46.6 Å². The average Bonchev–Trinajstić information content (AvgIpc) is 2.95. The van der Waals surface area contributed by atoms with Crippen LogP contribution < -0.4 is 26.6 Å². The van der Waals surface area contributed by atoms with Crippen molar-refractivity contribution in [1.82, 2.24) is 25.9 Å². The minimum Gasteiger partial charge on any atom is -0.370 e. The third-order valence-electron chi connectivity index (χ3n) is 7.76. The summed E-state index contributed by atoms with van der Waals surface area (Å²) in [5.74, 6) is 1.31. The molecule has 0 bridgehead atoms. The van der Waals surface area contributed by atoms with E-state index < -0.39 is 0 Å². The molecule has 0 saturated heterocycles. The van der Waals surface area contributed by atoms with Crippen LogP contribution in [-0.2, 0) is 13.1 Å². The van der Waals surface area contributed by atoms with Gasteiger partial charge in [-0.05, 0) is 69.3 Å². The lowest BCUT2D eigenvalue weighted by atomic mass is 9.95. The van der Waals surface area contributed by atoms with Gasteiger partial charge in [0.1, 0.15) is 11.0 Å². The summed E-state index contributed by atoms with van der Waals surface area (Å²) in [5.41, 5.74) is 2.50. The zero-order chi connectivity index (χ0) is 26.3. The average molecular weight is 542 g/mol. The van der Waals surface area contributed by atoms with Gasteiger partial charge in [-0.15, -0.1) is 0 Å². The van der Waals surface area contributed by atoms with Gasteiger partial charge in [0.25, 0.3) is 0 Å². The maximum absolute atomic E-state index is 6.26. The summed E-state index contributed by atoms with van der Waals surface area (Å²) < 4.78 is 0. The summed E-state index contributed by atoms with van der Waals surface area (Å²) >= 11 is 6.26. The van der Waals surface area contributed by atoms with E-state index in [4.69, 9.17) is 11.6 Å². The van der Waals surface area contributed by atoms with Gasteiger partial charge in [0.2, 0.25) is 5.95 Å². The quantitative estimate of drug-likeness (QED) is 0.134. The van der Waals surface area contributed by atoms with Crippen molar-refractivity contribution < 1.29 is 0 Å². The minimum absolute atomic E-state index is 0.445. The van der Waals surface area contributed by atoms with Gasteiger partial charge in [0.05, 0.1) is 0 Å². The molecule has 7 nitrogen and oxygen atoms in total. The minimum atomic E-state index is 0.445. The fourth-order valence-electron chi connectivity index (χ4n) is 5.52. The van der Waals surface area contributed by atoms with Gasteiger partial charge in [-0.2, -0.15) is 4.98 Å². The monoisotopic (exact) mass is 541 g/mol. The molecule has 0 unspecified atom stereocenters. The number of rotatable bonds is 16. The van der Waals surface area contributed by atoms with Crippen molar-refractivity contribution in [3.63, 3.8) is 0 Å². The van der Waals surface area contributed by atoms with Crippen LogP contribution in [0.2, 0.25) is 5.15 Å². The van der Waals surface area contributed by atoms with E-state index in [1.807, 2.05) is 0 Å². The third kappa shape index (κ3) is 11.0. The van der Waals surface area contributed by atoms with Gasteiger partial charge in [0, 0.05) is 37.8 Å². The fourth-order valence-corrected chi connectivity index (χ4v) is 5.70. The van der Waals surface area contributed by atoms with Crippen molar-refractivity contribution in [2.24, 2.45) is 0 Å². The number of anilines is 2. The summed E-state index contributed by atoms with van der Waals surface area (Å²) in [6.45, 7) is 5.61. The Morgan fingerprint density at radius 1 is 0.658 bits per heavy atom. The zero-order valence-electron chi connectivity index (χ0n) is 23.0. The lowest BCUT2D eigenvalue weighted by Crippen LogP contribution is -2.33. The number of nitrogens with one attached hydrogen (secondary N) is 5. The number of halogens is 1. The van der Waals surface area contributed by atoms with Crippen LogP contribution in [-0.4, -0.2) is 48.2 Å². The van der Waals surface area contributed by atoms with Crippen molar-refractivity contribution in [2.45, 2.75) is 102 Å². The predicted molar refractivity (Wildman–Crippen MR) is 160 cm³/mol.